The summed E-state index contributed by atoms with van der Waals surface area (Å²) in [6.45, 7) is 5.45. The maximum absolute atomic E-state index is 6.75. The second-order valence-corrected chi connectivity index (χ2v) is 14.8. The predicted octanol–water partition coefficient (Wildman–Crippen LogP) is 7.42. The van der Waals surface area contributed by atoms with Gasteiger partial charge in [-0.2, -0.15) is 0 Å². The van der Waals surface area contributed by atoms with Crippen LogP contribution in [0.3, 0.4) is 0 Å². The van der Waals surface area contributed by atoms with Gasteiger partial charge in [0.15, 0.2) is 0 Å². The molecule has 1 heterocycles. The Morgan fingerprint density at radius 1 is 0.706 bits per heavy atom. The van der Waals surface area contributed by atoms with Crippen LogP contribution in [-0.2, 0) is 15.6 Å². The van der Waals surface area contributed by atoms with Gasteiger partial charge in [-0.25, -0.2) is 0 Å². The maximum Gasteiger partial charge on any atom is 0.129 e. The Morgan fingerprint density at radius 2 is 1.15 bits per heavy atom. The molecule has 2 atom stereocenters. The number of hydrogen-bond donors (Lipinski definition) is 0. The first-order chi connectivity index (χ1) is 16.5. The monoisotopic (exact) mass is 460 g/mol. The van der Waals surface area contributed by atoms with E-state index in [-0.39, 0.29) is 6.10 Å². The van der Waals surface area contributed by atoms with Crippen molar-refractivity contribution < 1.29 is 9.47 Å². The van der Waals surface area contributed by atoms with E-state index >= 15 is 0 Å². The van der Waals surface area contributed by atoms with Crippen LogP contribution in [0.5, 0.6) is 5.75 Å². The van der Waals surface area contributed by atoms with E-state index in [4.69, 9.17) is 9.47 Å². The predicted molar refractivity (Wildman–Crippen MR) is 135 cm³/mol. The smallest absolute Gasteiger partial charge is 0.129 e. The molecule has 1 aromatic rings. The van der Waals surface area contributed by atoms with Crippen LogP contribution in [0.2, 0.25) is 0 Å². The van der Waals surface area contributed by atoms with E-state index in [9.17, 15) is 0 Å². The van der Waals surface area contributed by atoms with Gasteiger partial charge in [-0.1, -0.05) is 19.9 Å². The molecule has 1 aromatic carbocycles. The van der Waals surface area contributed by atoms with Gasteiger partial charge < -0.3 is 9.47 Å². The summed E-state index contributed by atoms with van der Waals surface area (Å²) in [6.07, 6.45) is 18.5. The summed E-state index contributed by atoms with van der Waals surface area (Å²) in [6, 6.07) is 7.57. The molecule has 10 rings (SSSR count). The SMILES string of the molecule is CC(C)C(Oc1ccc(C23CC4CC(CC(C4)C2)C3)c(C23CC4CC(CC(C4)C2)C3)c1)C1CO1. The molecule has 9 fully saturated rings. The number of hydrogen-bond acceptors (Lipinski definition) is 2. The largest absolute Gasteiger partial charge is 0.487 e. The molecule has 8 aliphatic carbocycles. The second-order valence-electron chi connectivity index (χ2n) is 14.8. The minimum absolute atomic E-state index is 0.189. The van der Waals surface area contributed by atoms with Crippen LogP contribution in [0.25, 0.3) is 0 Å². The summed E-state index contributed by atoms with van der Waals surface area (Å²) < 4.78 is 12.5. The summed E-state index contributed by atoms with van der Waals surface area (Å²) in [5.41, 5.74) is 4.48. The molecule has 2 heteroatoms. The second kappa shape index (κ2) is 7.27. The Balaban J connectivity index is 1.23. The topological polar surface area (TPSA) is 21.8 Å². The van der Waals surface area contributed by atoms with Crippen molar-refractivity contribution in [1.29, 1.82) is 0 Å². The normalized spacial score (nSPS) is 48.5. The van der Waals surface area contributed by atoms with Crippen molar-refractivity contribution in [2.24, 2.45) is 41.4 Å². The average Bonchev–Trinajstić information content (AvgIpc) is 3.60. The standard InChI is InChI=1S/C32H44O2/c1-19(2)30(29-18-33-29)34-26-3-4-27(31-12-20-5-21(13-31)7-22(6-20)14-31)28(11-26)32-15-23-8-24(16-32)10-25(9-23)17-32/h3-4,11,19-25,29-30H,5-10,12-18H2,1-2H3. The van der Waals surface area contributed by atoms with E-state index in [0.29, 0.717) is 22.9 Å². The molecule has 1 saturated heterocycles. The van der Waals surface area contributed by atoms with E-state index < -0.39 is 0 Å². The van der Waals surface area contributed by atoms with Gasteiger partial charge in [0.1, 0.15) is 18.0 Å². The number of epoxide rings is 1. The minimum Gasteiger partial charge on any atom is -0.487 e. The Kier molecular flexibility index (Phi) is 4.51. The number of benzene rings is 1. The van der Waals surface area contributed by atoms with Crippen molar-refractivity contribution in [2.45, 2.75) is 114 Å². The molecule has 2 nitrogen and oxygen atoms in total. The Hall–Kier alpha value is -1.02. The van der Waals surface area contributed by atoms with Gasteiger partial charge >= 0.3 is 0 Å². The van der Waals surface area contributed by atoms with Gasteiger partial charge in [-0.05, 0) is 153 Å². The molecule has 184 valence electrons. The maximum atomic E-state index is 6.75. The van der Waals surface area contributed by atoms with Crippen LogP contribution in [0.4, 0.5) is 0 Å². The summed E-state index contributed by atoms with van der Waals surface area (Å²) in [4.78, 5) is 0. The lowest BCUT2D eigenvalue weighted by atomic mass is 9.44. The molecule has 0 amide bonds. The summed E-state index contributed by atoms with van der Waals surface area (Å²) in [5, 5.41) is 0. The van der Waals surface area contributed by atoms with E-state index in [1.807, 2.05) is 0 Å². The van der Waals surface area contributed by atoms with E-state index in [0.717, 1.165) is 47.9 Å². The summed E-state index contributed by atoms with van der Waals surface area (Å²) in [7, 11) is 0. The highest BCUT2D eigenvalue weighted by atomic mass is 16.6. The minimum atomic E-state index is 0.189. The first-order valence-corrected chi connectivity index (χ1v) is 14.9. The fraction of sp³-hybridized carbons (Fsp3) is 0.812. The summed E-state index contributed by atoms with van der Waals surface area (Å²) in [5.74, 6) is 7.60. The van der Waals surface area contributed by atoms with Crippen LogP contribution < -0.4 is 4.74 Å². The average molecular weight is 461 g/mol. The van der Waals surface area contributed by atoms with Crippen LogP contribution >= 0.6 is 0 Å². The van der Waals surface area contributed by atoms with Crippen LogP contribution in [0, 0.1) is 41.4 Å². The van der Waals surface area contributed by atoms with Crippen molar-refractivity contribution in [2.75, 3.05) is 6.61 Å². The molecule has 2 unspecified atom stereocenters. The Bertz CT molecular complexity index is 899. The van der Waals surface area contributed by atoms with Gasteiger partial charge in [0, 0.05) is 0 Å². The third-order valence-corrected chi connectivity index (χ3v) is 11.9. The summed E-state index contributed by atoms with van der Waals surface area (Å²) >= 11 is 0. The molecular formula is C32H44O2. The van der Waals surface area contributed by atoms with Gasteiger partial charge in [-0.15, -0.1) is 0 Å². The molecule has 0 aromatic heterocycles. The highest BCUT2D eigenvalue weighted by Gasteiger charge is 2.56. The quantitative estimate of drug-likeness (QED) is 0.412. The lowest BCUT2D eigenvalue weighted by Crippen LogP contribution is -2.52. The van der Waals surface area contributed by atoms with Gasteiger partial charge in [0.2, 0.25) is 0 Å². The van der Waals surface area contributed by atoms with Gasteiger partial charge in [-0.3, -0.25) is 0 Å². The molecule has 0 spiro atoms. The zero-order valence-electron chi connectivity index (χ0n) is 21.4. The van der Waals surface area contributed by atoms with Gasteiger partial charge in [0.05, 0.1) is 6.61 Å². The van der Waals surface area contributed by atoms with E-state index in [2.05, 4.69) is 32.0 Å². The van der Waals surface area contributed by atoms with Crippen LogP contribution in [0.1, 0.15) is 102 Å². The van der Waals surface area contributed by atoms with Crippen molar-refractivity contribution in [1.82, 2.24) is 0 Å². The lowest BCUT2D eigenvalue weighted by molar-refractivity contribution is -0.0176. The Morgan fingerprint density at radius 3 is 1.56 bits per heavy atom. The van der Waals surface area contributed by atoms with Crippen molar-refractivity contribution in [3.63, 3.8) is 0 Å². The molecule has 1 aliphatic heterocycles. The molecule has 34 heavy (non-hydrogen) atoms. The highest BCUT2D eigenvalue weighted by Crippen LogP contribution is 2.65. The lowest BCUT2D eigenvalue weighted by Gasteiger charge is -2.61. The third-order valence-electron chi connectivity index (χ3n) is 11.9. The van der Waals surface area contributed by atoms with Crippen molar-refractivity contribution in [3.05, 3.63) is 29.3 Å². The Labute approximate surface area is 206 Å². The fourth-order valence-corrected chi connectivity index (χ4v) is 11.4. The van der Waals surface area contributed by atoms with Crippen LogP contribution in [0.15, 0.2) is 18.2 Å². The first kappa shape index (κ1) is 21.1. The van der Waals surface area contributed by atoms with Crippen LogP contribution in [-0.4, -0.2) is 18.8 Å². The molecule has 9 aliphatic rings. The zero-order chi connectivity index (χ0) is 22.7. The first-order valence-electron chi connectivity index (χ1n) is 14.9. The van der Waals surface area contributed by atoms with E-state index in [1.165, 1.54) is 77.0 Å². The molecule has 8 bridgehead atoms. The van der Waals surface area contributed by atoms with Crippen molar-refractivity contribution in [3.8, 4) is 5.75 Å². The third kappa shape index (κ3) is 3.22. The molecule has 0 radical (unpaired) electrons. The number of rotatable bonds is 6. The molecule has 8 saturated carbocycles. The van der Waals surface area contributed by atoms with Crippen molar-refractivity contribution >= 4 is 0 Å². The molecule has 0 N–H and O–H groups in total. The number of ether oxygens (including phenoxy) is 2. The fourth-order valence-electron chi connectivity index (χ4n) is 11.4. The highest BCUT2D eigenvalue weighted by molar-refractivity contribution is 5.47. The van der Waals surface area contributed by atoms with Gasteiger partial charge in [0.25, 0.3) is 0 Å². The zero-order valence-corrected chi connectivity index (χ0v) is 21.4. The van der Waals surface area contributed by atoms with E-state index in [1.54, 1.807) is 11.1 Å². The molecular weight excluding hydrogens is 416 g/mol.